The van der Waals surface area contributed by atoms with Crippen molar-refractivity contribution in [2.24, 2.45) is 7.05 Å². The molecular weight excluding hydrogens is 366 g/mol. The number of hydrogen-bond acceptors (Lipinski definition) is 6. The van der Waals surface area contributed by atoms with Gasteiger partial charge >= 0.3 is 0 Å². The second-order valence-electron chi connectivity index (χ2n) is 5.48. The lowest BCUT2D eigenvalue weighted by Crippen LogP contribution is -2.20. The van der Waals surface area contributed by atoms with Gasteiger partial charge in [0.15, 0.2) is 28.1 Å². The molecule has 0 bridgehead atoms. The first-order valence-electron chi connectivity index (χ1n) is 7.34. The minimum Gasteiger partial charge on any atom is -0.304 e. The molecule has 0 spiro atoms. The van der Waals surface area contributed by atoms with E-state index in [-0.39, 0.29) is 22.8 Å². The molecule has 1 aromatic carbocycles. The van der Waals surface area contributed by atoms with Crippen molar-refractivity contribution in [3.8, 4) is 0 Å². The fourth-order valence-corrected chi connectivity index (χ4v) is 3.34. The molecule has 0 unspecified atom stereocenters. The van der Waals surface area contributed by atoms with Gasteiger partial charge in [-0.15, -0.1) is 0 Å². The molecule has 0 aliphatic heterocycles. The summed E-state index contributed by atoms with van der Waals surface area (Å²) in [7, 11) is 1.56. The van der Waals surface area contributed by atoms with Crippen molar-refractivity contribution in [2.75, 3.05) is 5.32 Å². The topological polar surface area (TPSA) is 94.7 Å². The van der Waals surface area contributed by atoms with Crippen molar-refractivity contribution in [3.63, 3.8) is 0 Å². The van der Waals surface area contributed by atoms with Crippen LogP contribution in [-0.4, -0.2) is 30.0 Å². The fourth-order valence-electron chi connectivity index (χ4n) is 2.45. The highest BCUT2D eigenvalue weighted by molar-refractivity contribution is 7.22. The molecule has 0 radical (unpaired) electrons. The number of amides is 1. The predicted molar refractivity (Wildman–Crippen MR) is 90.9 cm³/mol. The van der Waals surface area contributed by atoms with Crippen LogP contribution < -0.4 is 10.9 Å². The minimum absolute atomic E-state index is 0.111. The molecule has 3 aromatic heterocycles. The predicted octanol–water partition coefficient (Wildman–Crippen LogP) is 1.66. The van der Waals surface area contributed by atoms with Gasteiger partial charge in [0, 0.05) is 13.1 Å². The number of imidazole rings is 1. The van der Waals surface area contributed by atoms with Gasteiger partial charge in [-0.25, -0.2) is 23.7 Å². The van der Waals surface area contributed by atoms with Gasteiger partial charge in [0.05, 0.1) is 22.7 Å². The lowest BCUT2D eigenvalue weighted by molar-refractivity contribution is -0.116. The number of nitrogens with one attached hydrogen (secondary N) is 1. The third-order valence-electron chi connectivity index (χ3n) is 3.73. The van der Waals surface area contributed by atoms with Gasteiger partial charge in [-0.1, -0.05) is 11.3 Å². The first-order valence-corrected chi connectivity index (χ1v) is 8.16. The molecular formula is C15H10F2N6O2S. The molecule has 26 heavy (non-hydrogen) atoms. The number of halogens is 2. The number of anilines is 1. The van der Waals surface area contributed by atoms with E-state index in [1.807, 2.05) is 0 Å². The molecule has 1 amide bonds. The third-order valence-corrected chi connectivity index (χ3v) is 4.66. The standard InChI is InChI=1S/C15H10F2N6O2S/c1-22-12(25)4-18-14-13(22)19-6-23(14)5-11(24)21-15-20-9-2-7(16)8(17)3-10(9)26-15/h2-4,6H,5H2,1H3,(H,20,21,24). The van der Waals surface area contributed by atoms with E-state index in [0.717, 1.165) is 29.7 Å². The Balaban J connectivity index is 1.58. The van der Waals surface area contributed by atoms with E-state index in [9.17, 15) is 18.4 Å². The second-order valence-corrected chi connectivity index (χ2v) is 6.51. The van der Waals surface area contributed by atoms with Crippen LogP contribution >= 0.6 is 11.3 Å². The van der Waals surface area contributed by atoms with E-state index < -0.39 is 17.5 Å². The molecule has 0 saturated carbocycles. The van der Waals surface area contributed by atoms with Crippen molar-refractivity contribution >= 4 is 43.9 Å². The van der Waals surface area contributed by atoms with E-state index in [4.69, 9.17) is 0 Å². The number of aromatic nitrogens is 5. The van der Waals surface area contributed by atoms with Crippen LogP contribution in [0.3, 0.4) is 0 Å². The number of fused-ring (bicyclic) bond motifs is 2. The fraction of sp³-hybridized carbons (Fsp3) is 0.133. The van der Waals surface area contributed by atoms with Crippen molar-refractivity contribution in [2.45, 2.75) is 6.54 Å². The van der Waals surface area contributed by atoms with E-state index >= 15 is 0 Å². The van der Waals surface area contributed by atoms with E-state index in [2.05, 4.69) is 20.3 Å². The maximum atomic E-state index is 13.3. The summed E-state index contributed by atoms with van der Waals surface area (Å²) in [5.41, 5.74) is 0.696. The molecule has 0 atom stereocenters. The molecule has 0 fully saturated rings. The summed E-state index contributed by atoms with van der Waals surface area (Å²) in [4.78, 5) is 36.0. The Labute approximate surface area is 147 Å². The number of carbonyl (C=O) groups excluding carboxylic acids is 1. The molecule has 132 valence electrons. The van der Waals surface area contributed by atoms with Crippen LogP contribution in [0.1, 0.15) is 0 Å². The number of hydrogen-bond donors (Lipinski definition) is 1. The van der Waals surface area contributed by atoms with Gasteiger partial charge in [0.2, 0.25) is 5.91 Å². The number of benzene rings is 1. The van der Waals surface area contributed by atoms with Crippen molar-refractivity contribution < 1.29 is 13.6 Å². The van der Waals surface area contributed by atoms with Crippen molar-refractivity contribution in [1.82, 2.24) is 24.1 Å². The molecule has 0 aliphatic carbocycles. The summed E-state index contributed by atoms with van der Waals surface area (Å²) < 4.78 is 29.7. The first kappa shape index (κ1) is 16.3. The second kappa shape index (κ2) is 5.95. The lowest BCUT2D eigenvalue weighted by atomic mass is 10.3. The van der Waals surface area contributed by atoms with Gasteiger partial charge < -0.3 is 9.88 Å². The zero-order valence-electron chi connectivity index (χ0n) is 13.2. The smallest absolute Gasteiger partial charge is 0.270 e. The Morgan fingerprint density at radius 1 is 1.23 bits per heavy atom. The van der Waals surface area contributed by atoms with Gasteiger partial charge in [-0.05, 0) is 6.07 Å². The van der Waals surface area contributed by atoms with E-state index in [1.54, 1.807) is 7.05 Å². The quantitative estimate of drug-likeness (QED) is 0.587. The van der Waals surface area contributed by atoms with Gasteiger partial charge in [-0.2, -0.15) is 0 Å². The number of carbonyl (C=O) groups is 1. The number of aryl methyl sites for hydroxylation is 1. The highest BCUT2D eigenvalue weighted by atomic mass is 32.1. The summed E-state index contributed by atoms with van der Waals surface area (Å²) in [5.74, 6) is -2.39. The SMILES string of the molecule is Cn1c(=O)cnc2c1ncn2CC(=O)Nc1nc2cc(F)c(F)cc2s1. The molecule has 3 heterocycles. The number of thiazole rings is 1. The Morgan fingerprint density at radius 3 is 2.81 bits per heavy atom. The molecule has 1 N–H and O–H groups in total. The lowest BCUT2D eigenvalue weighted by Gasteiger charge is -2.04. The van der Waals surface area contributed by atoms with Crippen LogP contribution in [0, 0.1) is 11.6 Å². The van der Waals surface area contributed by atoms with E-state index in [1.165, 1.54) is 15.5 Å². The Kier molecular flexibility index (Phi) is 3.72. The number of rotatable bonds is 3. The summed E-state index contributed by atoms with van der Waals surface area (Å²) in [5, 5.41) is 2.80. The van der Waals surface area contributed by atoms with E-state index in [0.29, 0.717) is 16.0 Å². The normalized spacial score (nSPS) is 11.3. The maximum absolute atomic E-state index is 13.3. The third kappa shape index (κ3) is 2.71. The van der Waals surface area contributed by atoms with Gasteiger partial charge in [0.1, 0.15) is 6.54 Å². The molecule has 4 rings (SSSR count). The number of nitrogens with zero attached hydrogens (tertiary/aromatic N) is 5. The zero-order valence-corrected chi connectivity index (χ0v) is 14.0. The summed E-state index contributed by atoms with van der Waals surface area (Å²) >= 11 is 1.03. The minimum atomic E-state index is -0.998. The summed E-state index contributed by atoms with van der Waals surface area (Å²) in [6.45, 7) is -0.111. The maximum Gasteiger partial charge on any atom is 0.270 e. The van der Waals surface area contributed by atoms with Gasteiger partial charge in [-0.3, -0.25) is 14.2 Å². The molecule has 0 saturated heterocycles. The van der Waals surface area contributed by atoms with Crippen LogP contribution in [0.4, 0.5) is 13.9 Å². The average molecular weight is 376 g/mol. The monoisotopic (exact) mass is 376 g/mol. The van der Waals surface area contributed by atoms with Crippen molar-refractivity contribution in [3.05, 3.63) is 46.6 Å². The first-order chi connectivity index (χ1) is 12.4. The van der Waals surface area contributed by atoms with Crippen LogP contribution in [0.25, 0.3) is 21.5 Å². The van der Waals surface area contributed by atoms with Crippen molar-refractivity contribution in [1.29, 1.82) is 0 Å². The Hall–Kier alpha value is -3.21. The van der Waals surface area contributed by atoms with Gasteiger partial charge in [0.25, 0.3) is 5.56 Å². The highest BCUT2D eigenvalue weighted by Gasteiger charge is 2.14. The largest absolute Gasteiger partial charge is 0.304 e. The Morgan fingerprint density at radius 2 is 2.00 bits per heavy atom. The van der Waals surface area contributed by atoms with Crippen LogP contribution in [0.15, 0.2) is 29.5 Å². The van der Waals surface area contributed by atoms with Crippen LogP contribution in [-0.2, 0) is 18.4 Å². The average Bonchev–Trinajstić information content (AvgIpc) is 3.15. The summed E-state index contributed by atoms with van der Waals surface area (Å²) in [6.07, 6.45) is 2.55. The van der Waals surface area contributed by atoms with Crippen LogP contribution in [0.5, 0.6) is 0 Å². The molecule has 11 heteroatoms. The molecule has 0 aliphatic rings. The zero-order chi connectivity index (χ0) is 18.4. The summed E-state index contributed by atoms with van der Waals surface area (Å²) in [6, 6.07) is 2.01. The Bertz CT molecular complexity index is 1190. The highest BCUT2D eigenvalue weighted by Crippen LogP contribution is 2.27. The molecule has 8 nitrogen and oxygen atoms in total. The molecule has 4 aromatic rings. The van der Waals surface area contributed by atoms with Crippen LogP contribution in [0.2, 0.25) is 0 Å².